The summed E-state index contributed by atoms with van der Waals surface area (Å²) in [4.78, 5) is 8.39. The quantitative estimate of drug-likeness (QED) is 0.433. The van der Waals surface area contributed by atoms with Crippen LogP contribution < -0.4 is 5.32 Å². The van der Waals surface area contributed by atoms with E-state index in [2.05, 4.69) is 35.0 Å². The minimum atomic E-state index is 0.760. The molecule has 0 fully saturated rings. The van der Waals surface area contributed by atoms with E-state index in [-0.39, 0.29) is 0 Å². The van der Waals surface area contributed by atoms with Crippen molar-refractivity contribution in [3.8, 4) is 0 Å². The first-order valence-electron chi connectivity index (χ1n) is 6.05. The molecule has 102 valence electrons. The Morgan fingerprint density at radius 3 is 2.21 bits per heavy atom. The van der Waals surface area contributed by atoms with E-state index in [0.717, 1.165) is 28.4 Å². The Morgan fingerprint density at radius 1 is 1.11 bits per heavy atom. The van der Waals surface area contributed by atoms with Gasteiger partial charge >= 0.3 is 0 Å². The van der Waals surface area contributed by atoms with Crippen LogP contribution in [0.3, 0.4) is 0 Å². The molecule has 0 atom stereocenters. The van der Waals surface area contributed by atoms with Crippen molar-refractivity contribution < 1.29 is 0 Å². The molecule has 0 aliphatic rings. The van der Waals surface area contributed by atoms with Gasteiger partial charge in [-0.15, -0.1) is 0 Å². The highest BCUT2D eigenvalue weighted by Crippen LogP contribution is 2.08. The lowest BCUT2D eigenvalue weighted by Gasteiger charge is -2.02. The molecule has 0 aliphatic carbocycles. The molecular formula is C16H23N3. The van der Waals surface area contributed by atoms with Gasteiger partial charge in [-0.05, 0) is 44.9 Å². The van der Waals surface area contributed by atoms with Gasteiger partial charge in [0.1, 0.15) is 5.84 Å². The predicted molar refractivity (Wildman–Crippen MR) is 86.4 cm³/mol. The third-order valence-electron chi connectivity index (χ3n) is 2.04. The zero-order valence-corrected chi connectivity index (χ0v) is 12.3. The minimum absolute atomic E-state index is 0.760. The van der Waals surface area contributed by atoms with Crippen LogP contribution in [0.15, 0.2) is 70.6 Å². The average Bonchev–Trinajstić information content (AvgIpc) is 2.28. The van der Waals surface area contributed by atoms with Crippen molar-refractivity contribution in [2.24, 2.45) is 9.98 Å². The molecule has 0 aliphatic heterocycles. The second-order valence-corrected chi connectivity index (χ2v) is 4.20. The molecule has 3 nitrogen and oxygen atoms in total. The zero-order valence-electron chi connectivity index (χ0n) is 12.3. The molecule has 0 bridgehead atoms. The van der Waals surface area contributed by atoms with Gasteiger partial charge in [-0.1, -0.05) is 25.8 Å². The topological polar surface area (TPSA) is 36.8 Å². The fourth-order valence-corrected chi connectivity index (χ4v) is 1.20. The highest BCUT2D eigenvalue weighted by molar-refractivity contribution is 5.86. The first kappa shape index (κ1) is 16.8. The van der Waals surface area contributed by atoms with Crippen LogP contribution in [0.25, 0.3) is 0 Å². The van der Waals surface area contributed by atoms with Crippen molar-refractivity contribution in [3.63, 3.8) is 0 Å². The summed E-state index contributed by atoms with van der Waals surface area (Å²) in [6, 6.07) is 0. The van der Waals surface area contributed by atoms with Gasteiger partial charge < -0.3 is 5.32 Å². The SMILES string of the molecule is C=C(C)N=C/C(=C\C)C(=C)/C=C\N=C(C)NC(=C)C. The van der Waals surface area contributed by atoms with Gasteiger partial charge in [0.15, 0.2) is 0 Å². The van der Waals surface area contributed by atoms with Gasteiger partial charge in [-0.2, -0.15) is 0 Å². The number of amidine groups is 1. The molecule has 1 N–H and O–H groups in total. The first-order chi connectivity index (χ1) is 8.86. The summed E-state index contributed by atoms with van der Waals surface area (Å²) in [5, 5.41) is 3.02. The second kappa shape index (κ2) is 8.86. The Labute approximate surface area is 116 Å². The fourth-order valence-electron chi connectivity index (χ4n) is 1.20. The molecule has 3 heteroatoms. The summed E-state index contributed by atoms with van der Waals surface area (Å²) in [7, 11) is 0. The van der Waals surface area contributed by atoms with E-state index in [1.165, 1.54) is 0 Å². The third-order valence-corrected chi connectivity index (χ3v) is 2.04. The number of aliphatic imine (C=N–C) groups is 2. The molecule has 0 unspecified atom stereocenters. The van der Waals surface area contributed by atoms with Crippen molar-refractivity contribution >= 4 is 12.1 Å². The van der Waals surface area contributed by atoms with Gasteiger partial charge in [0, 0.05) is 23.8 Å². The molecule has 0 spiro atoms. The minimum Gasteiger partial charge on any atom is -0.348 e. The van der Waals surface area contributed by atoms with Gasteiger partial charge in [-0.25, -0.2) is 4.99 Å². The van der Waals surface area contributed by atoms with Crippen LogP contribution in [0, 0.1) is 0 Å². The van der Waals surface area contributed by atoms with Crippen LogP contribution in [0.4, 0.5) is 0 Å². The average molecular weight is 257 g/mol. The van der Waals surface area contributed by atoms with E-state index >= 15 is 0 Å². The summed E-state index contributed by atoms with van der Waals surface area (Å²) in [6.07, 6.45) is 7.23. The monoisotopic (exact) mass is 257 g/mol. The largest absolute Gasteiger partial charge is 0.348 e. The molecule has 19 heavy (non-hydrogen) atoms. The number of hydrogen-bond acceptors (Lipinski definition) is 2. The van der Waals surface area contributed by atoms with Crippen LogP contribution in [0.2, 0.25) is 0 Å². The van der Waals surface area contributed by atoms with Crippen molar-refractivity contribution in [1.29, 1.82) is 0 Å². The van der Waals surface area contributed by atoms with E-state index < -0.39 is 0 Å². The molecule has 0 radical (unpaired) electrons. The Kier molecular flexibility index (Phi) is 7.85. The van der Waals surface area contributed by atoms with Crippen molar-refractivity contribution in [2.75, 3.05) is 0 Å². The van der Waals surface area contributed by atoms with Crippen LogP contribution in [-0.2, 0) is 0 Å². The summed E-state index contributed by atoms with van der Waals surface area (Å²) in [5.41, 5.74) is 3.41. The maximum absolute atomic E-state index is 4.23. The molecular weight excluding hydrogens is 234 g/mol. The highest BCUT2D eigenvalue weighted by atomic mass is 15.0. The second-order valence-electron chi connectivity index (χ2n) is 4.20. The molecule has 0 rings (SSSR count). The number of hydrogen-bond donors (Lipinski definition) is 1. The van der Waals surface area contributed by atoms with E-state index in [0.29, 0.717) is 0 Å². The molecule has 0 saturated carbocycles. The van der Waals surface area contributed by atoms with Gasteiger partial charge in [0.05, 0.1) is 0 Å². The maximum Gasteiger partial charge on any atom is 0.102 e. The smallest absolute Gasteiger partial charge is 0.102 e. The number of nitrogens with one attached hydrogen (secondary N) is 1. The Hall–Kier alpha value is -2.16. The summed E-state index contributed by atoms with van der Waals surface area (Å²) in [5.74, 6) is 0.786. The lowest BCUT2D eigenvalue weighted by molar-refractivity contribution is 1.11. The third kappa shape index (κ3) is 8.55. The fraction of sp³-hybridized carbons (Fsp3) is 0.250. The molecule has 0 aromatic carbocycles. The lowest BCUT2D eigenvalue weighted by Crippen LogP contribution is -2.16. The Balaban J connectivity index is 4.67. The van der Waals surface area contributed by atoms with E-state index in [4.69, 9.17) is 0 Å². The van der Waals surface area contributed by atoms with E-state index in [1.807, 2.05) is 39.8 Å². The van der Waals surface area contributed by atoms with Crippen molar-refractivity contribution in [3.05, 3.63) is 60.6 Å². The van der Waals surface area contributed by atoms with Gasteiger partial charge in [0.2, 0.25) is 0 Å². The molecule has 0 amide bonds. The maximum atomic E-state index is 4.23. The van der Waals surface area contributed by atoms with Crippen LogP contribution in [-0.4, -0.2) is 12.1 Å². The standard InChI is InChI=1S/C16H23N3/c1-8-16(11-18-12(2)3)14(6)9-10-17-15(7)19-13(4)5/h8-11H,2,4,6H2,1,3,5,7H3,(H,17,19)/b10-9-,16-8+,18-11?. The molecule has 0 aromatic heterocycles. The summed E-state index contributed by atoms with van der Waals surface area (Å²) < 4.78 is 0. The van der Waals surface area contributed by atoms with Crippen molar-refractivity contribution in [1.82, 2.24) is 5.32 Å². The van der Waals surface area contributed by atoms with Crippen molar-refractivity contribution in [2.45, 2.75) is 27.7 Å². The lowest BCUT2D eigenvalue weighted by atomic mass is 10.1. The molecule has 0 heterocycles. The van der Waals surface area contributed by atoms with Gasteiger partial charge in [-0.3, -0.25) is 4.99 Å². The predicted octanol–water partition coefficient (Wildman–Crippen LogP) is 4.15. The van der Waals surface area contributed by atoms with Crippen LogP contribution in [0.1, 0.15) is 27.7 Å². The van der Waals surface area contributed by atoms with Crippen LogP contribution >= 0.6 is 0 Å². The zero-order chi connectivity index (χ0) is 14.8. The Morgan fingerprint density at radius 2 is 1.74 bits per heavy atom. The summed E-state index contributed by atoms with van der Waals surface area (Å²) in [6.45, 7) is 19.0. The normalized spacial score (nSPS) is 13.1. The first-order valence-corrected chi connectivity index (χ1v) is 6.05. The van der Waals surface area contributed by atoms with E-state index in [1.54, 1.807) is 12.4 Å². The number of nitrogens with zero attached hydrogens (tertiary/aromatic N) is 2. The Bertz CT molecular complexity index is 474. The number of rotatable bonds is 6. The molecule has 0 aromatic rings. The highest BCUT2D eigenvalue weighted by Gasteiger charge is 1.94. The summed E-state index contributed by atoms with van der Waals surface area (Å²) >= 11 is 0. The van der Waals surface area contributed by atoms with Crippen LogP contribution in [0.5, 0.6) is 0 Å². The van der Waals surface area contributed by atoms with Gasteiger partial charge in [0.25, 0.3) is 0 Å². The number of allylic oxidation sites excluding steroid dienone is 6. The van der Waals surface area contributed by atoms with E-state index in [9.17, 15) is 0 Å². The molecule has 0 saturated heterocycles.